The Balaban J connectivity index is 1.44. The summed E-state index contributed by atoms with van der Waals surface area (Å²) in [6.07, 6.45) is 3.27. The molecule has 148 valence electrons. The van der Waals surface area contributed by atoms with Crippen LogP contribution in [0.25, 0.3) is 0 Å². The lowest BCUT2D eigenvalue weighted by Gasteiger charge is -2.26. The van der Waals surface area contributed by atoms with Crippen molar-refractivity contribution in [2.75, 3.05) is 31.6 Å². The van der Waals surface area contributed by atoms with Gasteiger partial charge in [0.25, 0.3) is 5.91 Å². The van der Waals surface area contributed by atoms with E-state index in [1.807, 2.05) is 4.90 Å². The number of nitrogens with one attached hydrogen (secondary N) is 2. The zero-order chi connectivity index (χ0) is 19.8. The van der Waals surface area contributed by atoms with Crippen molar-refractivity contribution in [3.05, 3.63) is 59.1 Å². The van der Waals surface area contributed by atoms with Gasteiger partial charge in [-0.25, -0.2) is 4.79 Å². The number of ether oxygens (including phenoxy) is 1. The number of anilines is 1. The summed E-state index contributed by atoms with van der Waals surface area (Å²) in [6, 6.07) is 13.7. The summed E-state index contributed by atoms with van der Waals surface area (Å²) in [5.74, 6) is 0.704. The van der Waals surface area contributed by atoms with Crippen LogP contribution in [0.1, 0.15) is 29.6 Å². The molecule has 1 saturated heterocycles. The van der Waals surface area contributed by atoms with Crippen molar-refractivity contribution in [2.45, 2.75) is 19.3 Å². The predicted molar refractivity (Wildman–Crippen MR) is 110 cm³/mol. The molecule has 0 bridgehead atoms. The van der Waals surface area contributed by atoms with Crippen LogP contribution < -0.4 is 15.4 Å². The number of benzene rings is 2. The monoisotopic (exact) mass is 401 g/mol. The maximum absolute atomic E-state index is 12.6. The van der Waals surface area contributed by atoms with Crippen molar-refractivity contribution in [3.8, 4) is 5.75 Å². The van der Waals surface area contributed by atoms with E-state index in [-0.39, 0.29) is 11.9 Å². The van der Waals surface area contributed by atoms with E-state index in [2.05, 4.69) is 10.6 Å². The fraction of sp³-hybridized carbons (Fsp3) is 0.333. The minimum Gasteiger partial charge on any atom is -0.492 e. The second-order valence-corrected chi connectivity index (χ2v) is 7.05. The van der Waals surface area contributed by atoms with Crippen LogP contribution in [0.4, 0.5) is 10.5 Å². The summed E-state index contributed by atoms with van der Waals surface area (Å²) in [5, 5.41) is 6.13. The minimum absolute atomic E-state index is 0.0140. The standard InChI is InChI=1S/C21H24ClN3O3/c22-17-7-9-19(10-8-17)28-14-11-23-21(27)24-18-6-4-5-16(15-18)20(26)25-12-2-1-3-13-25/h4-10,15H,1-3,11-14H2,(H2,23,24,27). The third-order valence-electron chi connectivity index (χ3n) is 4.48. The van der Waals surface area contributed by atoms with Crippen LogP contribution in [0.5, 0.6) is 5.75 Å². The maximum atomic E-state index is 12.6. The van der Waals surface area contributed by atoms with Crippen molar-refractivity contribution < 1.29 is 14.3 Å². The van der Waals surface area contributed by atoms with Crippen LogP contribution in [0.3, 0.4) is 0 Å². The van der Waals surface area contributed by atoms with Gasteiger partial charge in [-0.1, -0.05) is 17.7 Å². The van der Waals surface area contributed by atoms with E-state index < -0.39 is 0 Å². The number of piperidine rings is 1. The molecular formula is C21H24ClN3O3. The smallest absolute Gasteiger partial charge is 0.319 e. The molecular weight excluding hydrogens is 378 g/mol. The van der Waals surface area contributed by atoms with E-state index in [1.54, 1.807) is 48.5 Å². The molecule has 0 radical (unpaired) electrons. The number of halogens is 1. The van der Waals surface area contributed by atoms with Gasteiger partial charge < -0.3 is 20.3 Å². The van der Waals surface area contributed by atoms with Gasteiger partial charge in [0.1, 0.15) is 12.4 Å². The third kappa shape index (κ3) is 5.89. The Bertz CT molecular complexity index is 805. The lowest BCUT2D eigenvalue weighted by atomic mass is 10.1. The Morgan fingerprint density at radius 1 is 1.04 bits per heavy atom. The number of rotatable bonds is 6. The van der Waals surface area contributed by atoms with E-state index >= 15 is 0 Å². The fourth-order valence-electron chi connectivity index (χ4n) is 3.05. The molecule has 2 aromatic rings. The molecule has 1 fully saturated rings. The molecule has 1 aliphatic rings. The summed E-state index contributed by atoms with van der Waals surface area (Å²) >= 11 is 5.82. The zero-order valence-electron chi connectivity index (χ0n) is 15.6. The van der Waals surface area contributed by atoms with Crippen molar-refractivity contribution in [3.63, 3.8) is 0 Å². The molecule has 3 amide bonds. The highest BCUT2D eigenvalue weighted by Gasteiger charge is 2.18. The van der Waals surface area contributed by atoms with Crippen molar-refractivity contribution in [1.82, 2.24) is 10.2 Å². The number of amides is 3. The lowest BCUT2D eigenvalue weighted by Crippen LogP contribution is -2.35. The van der Waals surface area contributed by atoms with E-state index in [1.165, 1.54) is 6.42 Å². The van der Waals surface area contributed by atoms with Gasteiger partial charge in [0.05, 0.1) is 6.54 Å². The SMILES string of the molecule is O=C(NCCOc1ccc(Cl)cc1)Nc1cccc(C(=O)N2CCCCC2)c1. The Morgan fingerprint density at radius 2 is 1.79 bits per heavy atom. The molecule has 6 nitrogen and oxygen atoms in total. The summed E-state index contributed by atoms with van der Waals surface area (Å²) in [4.78, 5) is 26.5. The predicted octanol–water partition coefficient (Wildman–Crippen LogP) is 4.17. The van der Waals surface area contributed by atoms with Crippen LogP contribution in [-0.4, -0.2) is 43.1 Å². The van der Waals surface area contributed by atoms with Gasteiger partial charge in [0, 0.05) is 29.4 Å². The van der Waals surface area contributed by atoms with Crippen molar-refractivity contribution in [2.24, 2.45) is 0 Å². The number of carbonyl (C=O) groups excluding carboxylic acids is 2. The third-order valence-corrected chi connectivity index (χ3v) is 4.73. The zero-order valence-corrected chi connectivity index (χ0v) is 16.4. The van der Waals surface area contributed by atoms with Crippen molar-refractivity contribution in [1.29, 1.82) is 0 Å². The fourth-order valence-corrected chi connectivity index (χ4v) is 3.18. The first kappa shape index (κ1) is 20.0. The first-order chi connectivity index (χ1) is 13.6. The lowest BCUT2D eigenvalue weighted by molar-refractivity contribution is 0.0724. The maximum Gasteiger partial charge on any atom is 0.319 e. The van der Waals surface area contributed by atoms with Gasteiger partial charge in [0.2, 0.25) is 0 Å². The summed E-state index contributed by atoms with van der Waals surface area (Å²) < 4.78 is 5.53. The van der Waals surface area contributed by atoms with E-state index in [9.17, 15) is 9.59 Å². The average Bonchev–Trinajstić information content (AvgIpc) is 2.73. The van der Waals surface area contributed by atoms with E-state index in [0.29, 0.717) is 35.2 Å². The quantitative estimate of drug-likeness (QED) is 0.714. The number of nitrogens with zero attached hydrogens (tertiary/aromatic N) is 1. The average molecular weight is 402 g/mol. The van der Waals surface area contributed by atoms with Gasteiger partial charge in [-0.05, 0) is 61.7 Å². The summed E-state index contributed by atoms with van der Waals surface area (Å²) in [7, 11) is 0. The Kier molecular flexibility index (Phi) is 7.14. The first-order valence-electron chi connectivity index (χ1n) is 9.44. The molecule has 28 heavy (non-hydrogen) atoms. The minimum atomic E-state index is -0.345. The molecule has 1 heterocycles. The molecule has 3 rings (SSSR count). The highest BCUT2D eigenvalue weighted by atomic mass is 35.5. The molecule has 0 atom stereocenters. The molecule has 0 aliphatic carbocycles. The van der Waals surface area contributed by atoms with Crippen LogP contribution >= 0.6 is 11.6 Å². The van der Waals surface area contributed by atoms with Crippen molar-refractivity contribution >= 4 is 29.2 Å². The largest absolute Gasteiger partial charge is 0.492 e. The molecule has 0 unspecified atom stereocenters. The second kappa shape index (κ2) is 9.99. The van der Waals surface area contributed by atoms with E-state index in [0.717, 1.165) is 25.9 Å². The van der Waals surface area contributed by atoms with Gasteiger partial charge in [0.15, 0.2) is 0 Å². The highest BCUT2D eigenvalue weighted by molar-refractivity contribution is 6.30. The second-order valence-electron chi connectivity index (χ2n) is 6.62. The first-order valence-corrected chi connectivity index (χ1v) is 9.82. The summed E-state index contributed by atoms with van der Waals surface area (Å²) in [6.45, 7) is 2.28. The number of urea groups is 1. The molecule has 2 N–H and O–H groups in total. The number of likely N-dealkylation sites (tertiary alicyclic amines) is 1. The Morgan fingerprint density at radius 3 is 2.54 bits per heavy atom. The molecule has 0 spiro atoms. The highest BCUT2D eigenvalue weighted by Crippen LogP contribution is 2.17. The topological polar surface area (TPSA) is 70.7 Å². The van der Waals surface area contributed by atoms with Crippen LogP contribution in [-0.2, 0) is 0 Å². The Hall–Kier alpha value is -2.73. The number of carbonyl (C=O) groups is 2. The number of hydrogen-bond donors (Lipinski definition) is 2. The Labute approximate surface area is 169 Å². The van der Waals surface area contributed by atoms with Gasteiger partial charge in [-0.3, -0.25) is 4.79 Å². The van der Waals surface area contributed by atoms with Gasteiger partial charge >= 0.3 is 6.03 Å². The number of hydrogen-bond acceptors (Lipinski definition) is 3. The normalized spacial score (nSPS) is 13.7. The van der Waals surface area contributed by atoms with Crippen LogP contribution in [0, 0.1) is 0 Å². The van der Waals surface area contributed by atoms with Gasteiger partial charge in [-0.15, -0.1) is 0 Å². The molecule has 0 aromatic heterocycles. The molecule has 2 aromatic carbocycles. The van der Waals surface area contributed by atoms with E-state index in [4.69, 9.17) is 16.3 Å². The molecule has 1 aliphatic heterocycles. The molecule has 7 heteroatoms. The summed E-state index contributed by atoms with van der Waals surface area (Å²) in [5.41, 5.74) is 1.17. The van der Waals surface area contributed by atoms with Gasteiger partial charge in [-0.2, -0.15) is 0 Å². The molecule has 0 saturated carbocycles. The van der Waals surface area contributed by atoms with Crippen LogP contribution in [0.15, 0.2) is 48.5 Å². The van der Waals surface area contributed by atoms with Crippen LogP contribution in [0.2, 0.25) is 5.02 Å².